The number of nitrogens with one attached hydrogen (secondary N) is 2. The summed E-state index contributed by atoms with van der Waals surface area (Å²) in [5.74, 6) is 0. The van der Waals surface area contributed by atoms with Gasteiger partial charge in [0.05, 0.1) is 23.8 Å². The normalized spacial score (nSPS) is 12.2. The number of aromatic nitrogens is 1. The fraction of sp³-hybridized carbons (Fsp3) is 0.333. The molecule has 1 aromatic carbocycles. The van der Waals surface area contributed by atoms with E-state index in [2.05, 4.69) is 15.6 Å². The number of halogens is 1. The summed E-state index contributed by atoms with van der Waals surface area (Å²) in [7, 11) is 3.94. The van der Waals surface area contributed by atoms with Gasteiger partial charge >= 0.3 is 6.03 Å². The second-order valence-corrected chi connectivity index (χ2v) is 6.33. The van der Waals surface area contributed by atoms with E-state index >= 15 is 0 Å². The first-order chi connectivity index (χ1) is 10.5. The molecule has 1 aromatic heterocycles. The highest BCUT2D eigenvalue weighted by molar-refractivity contribution is 7.07. The van der Waals surface area contributed by atoms with Crippen molar-refractivity contribution in [3.8, 4) is 0 Å². The maximum Gasteiger partial charge on any atom is 0.315 e. The summed E-state index contributed by atoms with van der Waals surface area (Å²) in [4.78, 5) is 18.2. The molecule has 5 nitrogen and oxygen atoms in total. The van der Waals surface area contributed by atoms with Crippen molar-refractivity contribution in [1.82, 2.24) is 20.5 Å². The lowest BCUT2D eigenvalue weighted by atomic mass is 10.1. The monoisotopic (exact) mass is 338 g/mol. The van der Waals surface area contributed by atoms with E-state index in [4.69, 9.17) is 11.6 Å². The third kappa shape index (κ3) is 5.29. The molecule has 0 spiro atoms. The highest BCUT2D eigenvalue weighted by atomic mass is 35.5. The van der Waals surface area contributed by atoms with Crippen LogP contribution in [0.1, 0.15) is 17.3 Å². The minimum atomic E-state index is -0.213. The summed E-state index contributed by atoms with van der Waals surface area (Å²) in [6.07, 6.45) is 0. The van der Waals surface area contributed by atoms with Crippen molar-refractivity contribution >= 4 is 29.0 Å². The third-order valence-electron chi connectivity index (χ3n) is 3.04. The Hall–Kier alpha value is -1.63. The van der Waals surface area contributed by atoms with Crippen LogP contribution in [-0.2, 0) is 6.54 Å². The Labute approximate surface area is 139 Å². The summed E-state index contributed by atoms with van der Waals surface area (Å²) in [5.41, 5.74) is 3.62. The van der Waals surface area contributed by atoms with Crippen molar-refractivity contribution < 1.29 is 4.79 Å². The van der Waals surface area contributed by atoms with E-state index in [0.717, 1.165) is 11.3 Å². The van der Waals surface area contributed by atoms with Gasteiger partial charge < -0.3 is 15.5 Å². The predicted molar refractivity (Wildman–Crippen MR) is 90.2 cm³/mol. The Kier molecular flexibility index (Phi) is 6.18. The molecule has 0 aliphatic rings. The van der Waals surface area contributed by atoms with E-state index in [-0.39, 0.29) is 12.1 Å². The number of rotatable bonds is 6. The summed E-state index contributed by atoms with van der Waals surface area (Å²) in [6, 6.07) is 7.19. The first-order valence-electron chi connectivity index (χ1n) is 6.86. The number of hydrogen-bond acceptors (Lipinski definition) is 4. The average molecular weight is 339 g/mol. The van der Waals surface area contributed by atoms with Gasteiger partial charge in [0, 0.05) is 16.9 Å². The average Bonchev–Trinajstić information content (AvgIpc) is 2.98. The van der Waals surface area contributed by atoms with E-state index in [0.29, 0.717) is 18.1 Å². The van der Waals surface area contributed by atoms with Gasteiger partial charge in [-0.15, -0.1) is 11.3 Å². The second kappa shape index (κ2) is 8.12. The Bertz CT molecular complexity index is 586. The highest BCUT2D eigenvalue weighted by Gasteiger charge is 2.15. The van der Waals surface area contributed by atoms with Gasteiger partial charge in [-0.2, -0.15) is 0 Å². The first kappa shape index (κ1) is 16.7. The number of carbonyl (C=O) groups excluding carboxylic acids is 1. The molecule has 0 fully saturated rings. The van der Waals surface area contributed by atoms with Crippen molar-refractivity contribution in [3.63, 3.8) is 0 Å². The van der Waals surface area contributed by atoms with E-state index < -0.39 is 0 Å². The molecule has 0 aliphatic heterocycles. The van der Waals surface area contributed by atoms with Gasteiger partial charge in [-0.05, 0) is 31.8 Å². The number of thiazole rings is 1. The number of urea groups is 1. The minimum Gasteiger partial charge on any atom is -0.332 e. The van der Waals surface area contributed by atoms with Crippen LogP contribution in [0.25, 0.3) is 0 Å². The van der Waals surface area contributed by atoms with E-state index in [1.54, 1.807) is 5.51 Å². The Morgan fingerprint density at radius 3 is 2.68 bits per heavy atom. The smallest absolute Gasteiger partial charge is 0.315 e. The SMILES string of the molecule is CN(C)CC(NC(=O)NCc1cscn1)c1ccc(Cl)cc1. The molecule has 22 heavy (non-hydrogen) atoms. The van der Waals surface area contributed by atoms with Gasteiger partial charge in [-0.3, -0.25) is 0 Å². The van der Waals surface area contributed by atoms with Crippen LogP contribution in [0.15, 0.2) is 35.2 Å². The standard InChI is InChI=1S/C15H19ClN4OS/c1-20(2)8-14(11-3-5-12(16)6-4-11)19-15(21)17-7-13-9-22-10-18-13/h3-6,9-10,14H,7-8H2,1-2H3,(H2,17,19,21). The van der Waals surface area contributed by atoms with Crippen molar-refractivity contribution in [1.29, 1.82) is 0 Å². The molecule has 0 aliphatic carbocycles. The topological polar surface area (TPSA) is 57.3 Å². The lowest BCUT2D eigenvalue weighted by Gasteiger charge is -2.23. The quantitative estimate of drug-likeness (QED) is 0.851. The number of nitrogens with zero attached hydrogens (tertiary/aromatic N) is 2. The molecule has 118 valence electrons. The van der Waals surface area contributed by atoms with Crippen LogP contribution < -0.4 is 10.6 Å². The van der Waals surface area contributed by atoms with Gasteiger partial charge in [0.15, 0.2) is 0 Å². The fourth-order valence-corrected chi connectivity index (χ4v) is 2.68. The molecule has 2 rings (SSSR count). The Balaban J connectivity index is 1.96. The maximum atomic E-state index is 12.1. The molecule has 0 saturated carbocycles. The lowest BCUT2D eigenvalue weighted by Crippen LogP contribution is -2.41. The summed E-state index contributed by atoms with van der Waals surface area (Å²) in [5, 5.41) is 8.40. The molecular weight excluding hydrogens is 320 g/mol. The number of amides is 2. The number of carbonyl (C=O) groups is 1. The molecule has 0 bridgehead atoms. The van der Waals surface area contributed by atoms with Gasteiger partial charge in [-0.25, -0.2) is 9.78 Å². The zero-order chi connectivity index (χ0) is 15.9. The molecule has 1 heterocycles. The van der Waals surface area contributed by atoms with Crippen molar-refractivity contribution in [2.45, 2.75) is 12.6 Å². The van der Waals surface area contributed by atoms with Gasteiger partial charge in [0.25, 0.3) is 0 Å². The van der Waals surface area contributed by atoms with Crippen LogP contribution in [-0.4, -0.2) is 36.6 Å². The Morgan fingerprint density at radius 2 is 2.09 bits per heavy atom. The zero-order valence-electron chi connectivity index (χ0n) is 12.5. The van der Waals surface area contributed by atoms with Gasteiger partial charge in [0.2, 0.25) is 0 Å². The molecular formula is C15H19ClN4OS. The van der Waals surface area contributed by atoms with Gasteiger partial charge in [-0.1, -0.05) is 23.7 Å². The molecule has 0 saturated heterocycles. The summed E-state index contributed by atoms with van der Waals surface area (Å²) < 4.78 is 0. The Morgan fingerprint density at radius 1 is 1.36 bits per heavy atom. The second-order valence-electron chi connectivity index (χ2n) is 5.17. The third-order valence-corrected chi connectivity index (χ3v) is 3.93. The molecule has 2 aromatic rings. The predicted octanol–water partition coefficient (Wildman–Crippen LogP) is 2.90. The summed E-state index contributed by atoms with van der Waals surface area (Å²) >= 11 is 7.43. The van der Waals surface area contributed by atoms with Crippen molar-refractivity contribution in [2.75, 3.05) is 20.6 Å². The molecule has 1 atom stereocenters. The van der Waals surface area contributed by atoms with Crippen molar-refractivity contribution in [3.05, 3.63) is 51.4 Å². The maximum absolute atomic E-state index is 12.1. The fourth-order valence-electron chi connectivity index (χ4n) is 2.00. The van der Waals surface area contributed by atoms with E-state index in [1.165, 1.54) is 11.3 Å². The minimum absolute atomic E-state index is 0.109. The van der Waals surface area contributed by atoms with Crippen molar-refractivity contribution in [2.24, 2.45) is 0 Å². The number of likely N-dealkylation sites (N-methyl/N-ethyl adjacent to an activating group) is 1. The first-order valence-corrected chi connectivity index (χ1v) is 8.18. The molecule has 1 unspecified atom stereocenters. The van der Waals surface area contributed by atoms with E-state index in [9.17, 15) is 4.79 Å². The highest BCUT2D eigenvalue weighted by Crippen LogP contribution is 2.17. The number of benzene rings is 1. The van der Waals surface area contributed by atoms with Crippen LogP contribution in [0.4, 0.5) is 4.79 Å². The lowest BCUT2D eigenvalue weighted by molar-refractivity contribution is 0.232. The van der Waals surface area contributed by atoms with Crippen LogP contribution in [0.5, 0.6) is 0 Å². The van der Waals surface area contributed by atoms with Crippen LogP contribution >= 0.6 is 22.9 Å². The summed E-state index contributed by atoms with van der Waals surface area (Å²) in [6.45, 7) is 1.12. The molecule has 0 radical (unpaired) electrons. The van der Waals surface area contributed by atoms with E-state index in [1.807, 2.05) is 48.6 Å². The number of hydrogen-bond donors (Lipinski definition) is 2. The largest absolute Gasteiger partial charge is 0.332 e. The van der Waals surface area contributed by atoms with Crippen LogP contribution in [0.2, 0.25) is 5.02 Å². The molecule has 7 heteroatoms. The van der Waals surface area contributed by atoms with Gasteiger partial charge in [0.1, 0.15) is 0 Å². The zero-order valence-corrected chi connectivity index (χ0v) is 14.1. The van der Waals surface area contributed by atoms with Crippen LogP contribution in [0, 0.1) is 0 Å². The molecule has 2 N–H and O–H groups in total. The molecule has 2 amide bonds. The van der Waals surface area contributed by atoms with Crippen LogP contribution in [0.3, 0.4) is 0 Å².